The smallest absolute Gasteiger partial charge is 0.00507 e. The van der Waals surface area contributed by atoms with E-state index in [1.807, 2.05) is 0 Å². The number of hydrogen-bond acceptors (Lipinski definition) is 2. The van der Waals surface area contributed by atoms with Gasteiger partial charge in [-0.2, -0.15) is 0 Å². The molecule has 2 nitrogen and oxygen atoms in total. The molecule has 1 rings (SSSR count). The van der Waals surface area contributed by atoms with Gasteiger partial charge in [0, 0.05) is 26.2 Å². The summed E-state index contributed by atoms with van der Waals surface area (Å²) in [6.07, 6.45) is 2.67. The van der Waals surface area contributed by atoms with Crippen LogP contribution in [0.2, 0.25) is 0 Å². The molecule has 0 bridgehead atoms. The van der Waals surface area contributed by atoms with Gasteiger partial charge in [0.25, 0.3) is 0 Å². The predicted molar refractivity (Wildman–Crippen MR) is 76.3 cm³/mol. The molecule has 17 heavy (non-hydrogen) atoms. The highest BCUT2D eigenvalue weighted by molar-refractivity contribution is 4.89. The Labute approximate surface area is 108 Å². The van der Waals surface area contributed by atoms with Gasteiger partial charge in [0.1, 0.15) is 0 Å². The van der Waals surface area contributed by atoms with Gasteiger partial charge in [0.2, 0.25) is 0 Å². The zero-order valence-corrected chi connectivity index (χ0v) is 12.6. The monoisotopic (exact) mass is 240 g/mol. The van der Waals surface area contributed by atoms with Crippen molar-refractivity contribution in [3.63, 3.8) is 0 Å². The van der Waals surface area contributed by atoms with E-state index in [9.17, 15) is 0 Å². The van der Waals surface area contributed by atoms with Crippen LogP contribution in [0.15, 0.2) is 0 Å². The molecule has 1 aliphatic heterocycles. The molecular weight excluding hydrogens is 208 g/mol. The molecule has 1 N–H and O–H groups in total. The third kappa shape index (κ3) is 4.97. The standard InChI is InChI=1S/C15H32N2/c1-6-15(7-8-16-11-15)12-17(9-13(2)3)10-14(4)5/h13-14,16H,6-12H2,1-5H3. The molecule has 0 radical (unpaired) electrons. The van der Waals surface area contributed by atoms with E-state index in [-0.39, 0.29) is 0 Å². The number of rotatable bonds is 7. The maximum absolute atomic E-state index is 3.55. The van der Waals surface area contributed by atoms with E-state index in [1.54, 1.807) is 0 Å². The maximum atomic E-state index is 3.55. The zero-order valence-electron chi connectivity index (χ0n) is 12.6. The SMILES string of the molecule is CCC1(CN(CC(C)C)CC(C)C)CCNC1. The second-order valence-electron chi connectivity index (χ2n) is 6.76. The predicted octanol–water partition coefficient (Wildman–Crippen LogP) is 2.99. The molecular formula is C15H32N2. The average Bonchev–Trinajstić information content (AvgIpc) is 2.65. The molecule has 0 aliphatic carbocycles. The first-order chi connectivity index (χ1) is 7.97. The lowest BCUT2D eigenvalue weighted by Crippen LogP contribution is -2.42. The minimum atomic E-state index is 0.545. The van der Waals surface area contributed by atoms with E-state index < -0.39 is 0 Å². The topological polar surface area (TPSA) is 15.3 Å². The van der Waals surface area contributed by atoms with E-state index in [2.05, 4.69) is 44.8 Å². The molecule has 0 aromatic rings. The van der Waals surface area contributed by atoms with Crippen molar-refractivity contribution < 1.29 is 0 Å². The summed E-state index contributed by atoms with van der Waals surface area (Å²) in [5, 5.41) is 3.55. The van der Waals surface area contributed by atoms with Gasteiger partial charge in [0.05, 0.1) is 0 Å². The van der Waals surface area contributed by atoms with Crippen molar-refractivity contribution in [3.05, 3.63) is 0 Å². The molecule has 0 aromatic heterocycles. The third-order valence-electron chi connectivity index (χ3n) is 3.89. The van der Waals surface area contributed by atoms with Crippen molar-refractivity contribution in [1.29, 1.82) is 0 Å². The molecule has 102 valence electrons. The van der Waals surface area contributed by atoms with E-state index in [0.717, 1.165) is 11.8 Å². The van der Waals surface area contributed by atoms with Crippen molar-refractivity contribution in [3.8, 4) is 0 Å². The van der Waals surface area contributed by atoms with Gasteiger partial charge >= 0.3 is 0 Å². The Kier molecular flexibility index (Phi) is 5.94. The molecule has 1 heterocycles. The second-order valence-corrected chi connectivity index (χ2v) is 6.76. The van der Waals surface area contributed by atoms with E-state index in [0.29, 0.717) is 5.41 Å². The third-order valence-corrected chi connectivity index (χ3v) is 3.89. The molecule has 1 fully saturated rings. The van der Waals surface area contributed by atoms with E-state index in [1.165, 1.54) is 45.6 Å². The second kappa shape index (κ2) is 6.75. The number of nitrogens with zero attached hydrogens (tertiary/aromatic N) is 1. The van der Waals surface area contributed by atoms with Crippen LogP contribution in [-0.4, -0.2) is 37.6 Å². The van der Waals surface area contributed by atoms with Crippen LogP contribution in [0.5, 0.6) is 0 Å². The fourth-order valence-corrected chi connectivity index (χ4v) is 3.05. The Morgan fingerprint density at radius 2 is 1.71 bits per heavy atom. The molecule has 0 aromatic carbocycles. The first kappa shape index (κ1) is 15.0. The van der Waals surface area contributed by atoms with Crippen molar-refractivity contribution in [1.82, 2.24) is 10.2 Å². The van der Waals surface area contributed by atoms with Gasteiger partial charge in [-0.15, -0.1) is 0 Å². The highest BCUT2D eigenvalue weighted by Gasteiger charge is 2.33. The minimum absolute atomic E-state index is 0.545. The summed E-state index contributed by atoms with van der Waals surface area (Å²) in [5.41, 5.74) is 0.545. The van der Waals surface area contributed by atoms with E-state index in [4.69, 9.17) is 0 Å². The lowest BCUT2D eigenvalue weighted by Gasteiger charge is -2.36. The van der Waals surface area contributed by atoms with Crippen molar-refractivity contribution in [2.75, 3.05) is 32.7 Å². The molecule has 1 saturated heterocycles. The van der Waals surface area contributed by atoms with Gasteiger partial charge in [-0.05, 0) is 36.6 Å². The van der Waals surface area contributed by atoms with Crippen LogP contribution >= 0.6 is 0 Å². The molecule has 1 atom stereocenters. The summed E-state index contributed by atoms with van der Waals surface area (Å²) < 4.78 is 0. The van der Waals surface area contributed by atoms with Crippen LogP contribution in [0.4, 0.5) is 0 Å². The minimum Gasteiger partial charge on any atom is -0.316 e. The summed E-state index contributed by atoms with van der Waals surface area (Å²) in [4.78, 5) is 2.70. The molecule has 1 aliphatic rings. The largest absolute Gasteiger partial charge is 0.316 e. The summed E-state index contributed by atoms with van der Waals surface area (Å²) in [7, 11) is 0. The fourth-order valence-electron chi connectivity index (χ4n) is 3.05. The lowest BCUT2D eigenvalue weighted by atomic mass is 9.83. The van der Waals surface area contributed by atoms with Crippen LogP contribution in [0.3, 0.4) is 0 Å². The molecule has 1 unspecified atom stereocenters. The van der Waals surface area contributed by atoms with Crippen LogP contribution in [0.1, 0.15) is 47.5 Å². The summed E-state index contributed by atoms with van der Waals surface area (Å²) in [6.45, 7) is 17.9. The lowest BCUT2D eigenvalue weighted by molar-refractivity contribution is 0.132. The molecule has 0 spiro atoms. The Balaban J connectivity index is 2.56. The van der Waals surface area contributed by atoms with Gasteiger partial charge < -0.3 is 10.2 Å². The Morgan fingerprint density at radius 1 is 1.12 bits per heavy atom. The average molecular weight is 240 g/mol. The normalized spacial score (nSPS) is 25.4. The van der Waals surface area contributed by atoms with Crippen molar-refractivity contribution >= 4 is 0 Å². The number of nitrogens with one attached hydrogen (secondary N) is 1. The van der Waals surface area contributed by atoms with Crippen molar-refractivity contribution in [2.24, 2.45) is 17.3 Å². The van der Waals surface area contributed by atoms with Crippen LogP contribution in [0, 0.1) is 17.3 Å². The Bertz CT molecular complexity index is 195. The summed E-state index contributed by atoms with van der Waals surface area (Å²) in [6, 6.07) is 0. The van der Waals surface area contributed by atoms with Gasteiger partial charge in [-0.25, -0.2) is 0 Å². The maximum Gasteiger partial charge on any atom is 0.00507 e. The Morgan fingerprint density at radius 3 is 2.06 bits per heavy atom. The highest BCUT2D eigenvalue weighted by Crippen LogP contribution is 2.30. The number of hydrogen-bond donors (Lipinski definition) is 1. The fraction of sp³-hybridized carbons (Fsp3) is 1.00. The van der Waals surface area contributed by atoms with Crippen LogP contribution < -0.4 is 5.32 Å². The van der Waals surface area contributed by atoms with Gasteiger partial charge in [-0.3, -0.25) is 0 Å². The highest BCUT2D eigenvalue weighted by atomic mass is 15.1. The first-order valence-corrected chi connectivity index (χ1v) is 7.40. The zero-order chi connectivity index (χ0) is 12.9. The van der Waals surface area contributed by atoms with Gasteiger partial charge in [0.15, 0.2) is 0 Å². The Hall–Kier alpha value is -0.0800. The molecule has 0 amide bonds. The molecule has 2 heteroatoms. The van der Waals surface area contributed by atoms with Gasteiger partial charge in [-0.1, -0.05) is 34.6 Å². The van der Waals surface area contributed by atoms with Crippen LogP contribution in [-0.2, 0) is 0 Å². The summed E-state index contributed by atoms with van der Waals surface area (Å²) >= 11 is 0. The van der Waals surface area contributed by atoms with Crippen molar-refractivity contribution in [2.45, 2.75) is 47.5 Å². The quantitative estimate of drug-likeness (QED) is 0.736. The van der Waals surface area contributed by atoms with E-state index >= 15 is 0 Å². The van der Waals surface area contributed by atoms with Crippen LogP contribution in [0.25, 0.3) is 0 Å². The molecule has 0 saturated carbocycles. The first-order valence-electron chi connectivity index (χ1n) is 7.40. The summed E-state index contributed by atoms with van der Waals surface area (Å²) in [5.74, 6) is 1.55.